The summed E-state index contributed by atoms with van der Waals surface area (Å²) in [5.41, 5.74) is 2.57. The van der Waals surface area contributed by atoms with Crippen LogP contribution in [0.1, 0.15) is 24.4 Å². The number of rotatable bonds is 7. The van der Waals surface area contributed by atoms with Crippen LogP contribution < -0.4 is 4.90 Å². The third-order valence-corrected chi connectivity index (χ3v) is 6.94. The van der Waals surface area contributed by atoms with Crippen molar-refractivity contribution in [1.82, 2.24) is 19.2 Å². The highest BCUT2D eigenvalue weighted by Crippen LogP contribution is 2.39. The number of hydrogen-bond acceptors (Lipinski definition) is 6. The summed E-state index contributed by atoms with van der Waals surface area (Å²) in [4.78, 5) is 5.84. The molecule has 0 radical (unpaired) electrons. The average molecular weight is 442 g/mol. The Hall–Kier alpha value is -2.00. The van der Waals surface area contributed by atoms with Crippen LogP contribution in [0.2, 0.25) is 0 Å². The number of morpholine rings is 1. The predicted molar refractivity (Wildman–Crippen MR) is 124 cm³/mol. The molecule has 1 aromatic carbocycles. The predicted octanol–water partition coefficient (Wildman–Crippen LogP) is 4.40. The van der Waals surface area contributed by atoms with E-state index in [2.05, 4.69) is 63.2 Å². The van der Waals surface area contributed by atoms with Crippen LogP contribution in [0.25, 0.3) is 10.7 Å². The number of thiophene rings is 1. The number of anilines is 1. The topological polar surface area (TPSA) is 38.5 Å². The maximum absolute atomic E-state index is 5.80. The molecule has 2 fully saturated rings. The van der Waals surface area contributed by atoms with E-state index in [-0.39, 0.29) is 0 Å². The molecule has 2 aliphatic rings. The average Bonchev–Trinajstić information content (AvgIpc) is 3.34. The van der Waals surface area contributed by atoms with E-state index in [1.807, 2.05) is 4.68 Å². The molecule has 8 heteroatoms. The van der Waals surface area contributed by atoms with Gasteiger partial charge >= 0.3 is 0 Å². The van der Waals surface area contributed by atoms with E-state index in [1.54, 1.807) is 11.3 Å². The lowest BCUT2D eigenvalue weighted by Crippen LogP contribution is -2.36. The molecule has 0 atom stereocenters. The van der Waals surface area contributed by atoms with Gasteiger partial charge in [-0.25, -0.2) is 4.68 Å². The van der Waals surface area contributed by atoms with Crippen LogP contribution >= 0.6 is 23.6 Å². The maximum Gasteiger partial charge on any atom is 0.199 e. The van der Waals surface area contributed by atoms with Gasteiger partial charge in [0.1, 0.15) is 0 Å². The maximum atomic E-state index is 5.80. The third kappa shape index (κ3) is 4.23. The quantitative estimate of drug-likeness (QED) is 0.508. The summed E-state index contributed by atoms with van der Waals surface area (Å²) >= 11 is 7.52. The molecule has 30 heavy (non-hydrogen) atoms. The molecule has 158 valence electrons. The molecular weight excluding hydrogens is 414 g/mol. The van der Waals surface area contributed by atoms with Gasteiger partial charge in [-0.15, -0.1) is 16.4 Å². The van der Waals surface area contributed by atoms with Gasteiger partial charge in [-0.05, 0) is 61.2 Å². The molecule has 1 aliphatic heterocycles. The summed E-state index contributed by atoms with van der Waals surface area (Å²) in [5, 5.41) is 6.99. The zero-order valence-electron chi connectivity index (χ0n) is 17.2. The Morgan fingerprint density at radius 1 is 1.17 bits per heavy atom. The van der Waals surface area contributed by atoms with Crippen molar-refractivity contribution in [2.75, 3.05) is 38.3 Å². The first kappa shape index (κ1) is 19.9. The van der Waals surface area contributed by atoms with Crippen molar-refractivity contribution in [2.24, 2.45) is 0 Å². The Bertz CT molecular complexity index is 1030. The molecule has 1 saturated heterocycles. The summed E-state index contributed by atoms with van der Waals surface area (Å²) < 4.78 is 10.5. The van der Waals surface area contributed by atoms with E-state index in [4.69, 9.17) is 22.1 Å². The molecule has 3 aromatic rings. The number of hydrogen-bond donors (Lipinski definition) is 0. The zero-order chi connectivity index (χ0) is 20.5. The van der Waals surface area contributed by atoms with Gasteiger partial charge in [0.15, 0.2) is 10.6 Å². The van der Waals surface area contributed by atoms with Crippen molar-refractivity contribution < 1.29 is 4.74 Å². The van der Waals surface area contributed by atoms with E-state index in [0.29, 0.717) is 12.7 Å². The van der Waals surface area contributed by atoms with Gasteiger partial charge in [-0.1, -0.05) is 18.2 Å². The lowest BCUT2D eigenvalue weighted by Gasteiger charge is -2.29. The number of ether oxygens (including phenoxy) is 1. The first-order chi connectivity index (χ1) is 14.7. The Kier molecular flexibility index (Phi) is 5.73. The van der Waals surface area contributed by atoms with Crippen LogP contribution in [0.15, 0.2) is 41.8 Å². The van der Waals surface area contributed by atoms with E-state index in [9.17, 15) is 0 Å². The summed E-state index contributed by atoms with van der Waals surface area (Å²) in [6.07, 6.45) is 2.40. The second kappa shape index (κ2) is 8.63. The SMILES string of the molecule is CN(Cc1ccc(N2CCOCC2)cc1)Cn1nc(-c2cccs2)n(C2CC2)c1=S. The monoisotopic (exact) mass is 441 g/mol. The van der Waals surface area contributed by atoms with Crippen LogP contribution in [0.4, 0.5) is 5.69 Å². The minimum absolute atomic E-state index is 0.515. The van der Waals surface area contributed by atoms with Crippen molar-refractivity contribution in [3.63, 3.8) is 0 Å². The van der Waals surface area contributed by atoms with Crippen LogP contribution in [-0.4, -0.2) is 52.6 Å². The minimum atomic E-state index is 0.515. The van der Waals surface area contributed by atoms with Gasteiger partial charge in [0.2, 0.25) is 0 Å². The smallest absolute Gasteiger partial charge is 0.199 e. The zero-order valence-corrected chi connectivity index (χ0v) is 18.9. The van der Waals surface area contributed by atoms with E-state index in [0.717, 1.165) is 43.4 Å². The van der Waals surface area contributed by atoms with Gasteiger partial charge in [0, 0.05) is 31.4 Å². The first-order valence-corrected chi connectivity index (χ1v) is 11.8. The fraction of sp³-hybridized carbons (Fsp3) is 0.455. The fourth-order valence-corrected chi connectivity index (χ4v) is 5.01. The third-order valence-electron chi connectivity index (χ3n) is 5.66. The highest BCUT2D eigenvalue weighted by molar-refractivity contribution is 7.71. The highest BCUT2D eigenvalue weighted by atomic mass is 32.1. The summed E-state index contributed by atoms with van der Waals surface area (Å²) in [6, 6.07) is 13.6. The number of nitrogens with zero attached hydrogens (tertiary/aromatic N) is 5. The minimum Gasteiger partial charge on any atom is -0.378 e. The lowest BCUT2D eigenvalue weighted by atomic mass is 10.2. The molecule has 1 aliphatic carbocycles. The second-order valence-corrected chi connectivity index (χ2v) is 9.42. The van der Waals surface area contributed by atoms with Gasteiger partial charge in [-0.3, -0.25) is 9.47 Å². The molecule has 0 N–H and O–H groups in total. The van der Waals surface area contributed by atoms with Gasteiger partial charge in [-0.2, -0.15) is 0 Å². The Morgan fingerprint density at radius 2 is 1.93 bits per heavy atom. The molecule has 6 nitrogen and oxygen atoms in total. The molecule has 0 amide bonds. The first-order valence-electron chi connectivity index (χ1n) is 10.5. The molecule has 0 unspecified atom stereocenters. The van der Waals surface area contributed by atoms with Crippen LogP contribution in [0.5, 0.6) is 0 Å². The molecule has 5 rings (SSSR count). The van der Waals surface area contributed by atoms with Crippen molar-refractivity contribution in [3.8, 4) is 10.7 Å². The summed E-state index contributed by atoms with van der Waals surface area (Å²) in [5.74, 6) is 1.01. The molecular formula is C22H27N5OS2. The molecule has 3 heterocycles. The number of benzene rings is 1. The largest absolute Gasteiger partial charge is 0.378 e. The fourth-order valence-electron chi connectivity index (χ4n) is 3.97. The van der Waals surface area contributed by atoms with Gasteiger partial charge < -0.3 is 9.64 Å². The van der Waals surface area contributed by atoms with Crippen molar-refractivity contribution in [1.29, 1.82) is 0 Å². The Labute approximate surface area is 186 Å². The van der Waals surface area contributed by atoms with Crippen LogP contribution in [-0.2, 0) is 18.0 Å². The Morgan fingerprint density at radius 3 is 2.60 bits per heavy atom. The van der Waals surface area contributed by atoms with Crippen LogP contribution in [0.3, 0.4) is 0 Å². The van der Waals surface area contributed by atoms with Crippen molar-refractivity contribution in [2.45, 2.75) is 32.1 Å². The standard InChI is InChI=1S/C22H27N5OS2/c1-24(15-17-4-6-18(7-5-17)25-10-12-28-13-11-25)16-26-22(29)27(19-8-9-19)21(23-26)20-3-2-14-30-20/h2-7,14,19H,8-13,15-16H2,1H3. The van der Waals surface area contributed by atoms with Crippen molar-refractivity contribution >= 4 is 29.2 Å². The van der Waals surface area contributed by atoms with Crippen LogP contribution in [0, 0.1) is 4.77 Å². The molecule has 0 bridgehead atoms. The molecule has 1 saturated carbocycles. The van der Waals surface area contributed by atoms with Gasteiger partial charge in [0.05, 0.1) is 24.8 Å². The van der Waals surface area contributed by atoms with Gasteiger partial charge in [0.25, 0.3) is 0 Å². The normalized spacial score (nSPS) is 17.1. The molecule has 0 spiro atoms. The van der Waals surface area contributed by atoms with E-state index >= 15 is 0 Å². The summed E-state index contributed by atoms with van der Waals surface area (Å²) in [6.45, 7) is 5.09. The Balaban J connectivity index is 1.28. The molecule has 2 aromatic heterocycles. The summed E-state index contributed by atoms with van der Waals surface area (Å²) in [7, 11) is 2.12. The lowest BCUT2D eigenvalue weighted by molar-refractivity contribution is 0.122. The van der Waals surface area contributed by atoms with E-state index < -0.39 is 0 Å². The second-order valence-electron chi connectivity index (χ2n) is 8.11. The van der Waals surface area contributed by atoms with Crippen molar-refractivity contribution in [3.05, 3.63) is 52.1 Å². The van der Waals surface area contributed by atoms with E-state index in [1.165, 1.54) is 29.0 Å². The number of aromatic nitrogens is 3. The highest BCUT2D eigenvalue weighted by Gasteiger charge is 2.29.